The minimum Gasteiger partial charge on any atom is -0.488 e. The van der Waals surface area contributed by atoms with Crippen LogP contribution in [-0.2, 0) is 4.79 Å². The van der Waals surface area contributed by atoms with Crippen molar-refractivity contribution >= 4 is 24.0 Å². The van der Waals surface area contributed by atoms with E-state index in [0.29, 0.717) is 45.7 Å². The van der Waals surface area contributed by atoms with E-state index in [1.807, 2.05) is 0 Å². The normalized spacial score (nSPS) is 15.6. The number of nitrogens with zero attached hydrogens (tertiary/aromatic N) is 1. The number of aldehydes is 1. The number of pyridine rings is 1. The Kier molecular flexibility index (Phi) is 9.22. The molecular weight excluding hydrogens is 578 g/mol. The third-order valence-corrected chi connectivity index (χ3v) is 7.55. The first-order valence-corrected chi connectivity index (χ1v) is 14.5. The molecule has 2 saturated carbocycles. The predicted octanol–water partition coefficient (Wildman–Crippen LogP) is 6.86. The van der Waals surface area contributed by atoms with Crippen LogP contribution in [0.25, 0.3) is 17.3 Å². The van der Waals surface area contributed by atoms with Gasteiger partial charge in [0.1, 0.15) is 29.3 Å². The Morgan fingerprint density at radius 3 is 2.45 bits per heavy atom. The van der Waals surface area contributed by atoms with Crippen LogP contribution in [0.15, 0.2) is 48.5 Å². The van der Waals surface area contributed by atoms with Crippen LogP contribution in [0.2, 0.25) is 0 Å². The number of benzene rings is 2. The molecule has 232 valence electrons. The number of allylic oxidation sites excluding steroid dienone is 1. The summed E-state index contributed by atoms with van der Waals surface area (Å²) in [7, 11) is 1.74. The van der Waals surface area contributed by atoms with Crippen molar-refractivity contribution in [3.05, 3.63) is 76.7 Å². The summed E-state index contributed by atoms with van der Waals surface area (Å²) in [6.07, 6.45) is 2.81. The van der Waals surface area contributed by atoms with Gasteiger partial charge >= 0.3 is 6.18 Å². The molecule has 1 aromatic heterocycles. The van der Waals surface area contributed by atoms with Gasteiger partial charge in [-0.3, -0.25) is 9.59 Å². The molecule has 0 aliphatic heterocycles. The first-order chi connectivity index (χ1) is 21.1. The standard InChI is InChI=1S/C33H33F4N3O4/c1-19-14-27(40-30(21-7-9-24(34)10-8-21)31(19)43-18-33(35,36)37)26(20-5-6-20)17-39-32(42)23-15-22(4-3-13-41)29(38-2)28(16-23)44-25-11-12-25/h3-4,7-10,13-16,20,25-26,38H,5-6,11-12,17-18H2,1-2H3,(H,39,42)/b4-3-. The monoisotopic (exact) mass is 611 g/mol. The number of ether oxygens (including phenoxy) is 2. The molecule has 0 spiro atoms. The lowest BCUT2D eigenvalue weighted by molar-refractivity contribution is -0.153. The van der Waals surface area contributed by atoms with Crippen LogP contribution in [0.4, 0.5) is 23.2 Å². The van der Waals surface area contributed by atoms with Crippen LogP contribution in [0, 0.1) is 18.7 Å². The number of carbonyl (C=O) groups excluding carboxylic acids is 2. The Labute approximate surface area is 252 Å². The molecule has 11 heteroatoms. The van der Waals surface area contributed by atoms with Crippen molar-refractivity contribution in [3.63, 3.8) is 0 Å². The molecular formula is C33H33F4N3O4. The van der Waals surface area contributed by atoms with Gasteiger partial charge in [-0.1, -0.05) is 0 Å². The molecule has 1 unspecified atom stereocenters. The molecule has 1 heterocycles. The lowest BCUT2D eigenvalue weighted by Crippen LogP contribution is -2.30. The number of alkyl halides is 3. The van der Waals surface area contributed by atoms with Crippen molar-refractivity contribution in [2.75, 3.05) is 25.5 Å². The van der Waals surface area contributed by atoms with Crippen LogP contribution < -0.4 is 20.1 Å². The van der Waals surface area contributed by atoms with Gasteiger partial charge in [-0.2, -0.15) is 13.2 Å². The molecule has 1 atom stereocenters. The molecule has 2 fully saturated rings. The second kappa shape index (κ2) is 13.1. The van der Waals surface area contributed by atoms with Gasteiger partial charge in [-0.25, -0.2) is 9.37 Å². The summed E-state index contributed by atoms with van der Waals surface area (Å²) in [4.78, 5) is 29.2. The van der Waals surface area contributed by atoms with Crippen LogP contribution >= 0.6 is 0 Å². The quantitative estimate of drug-likeness (QED) is 0.125. The average Bonchev–Trinajstić information content (AvgIpc) is 3.91. The maximum Gasteiger partial charge on any atom is 0.422 e. The van der Waals surface area contributed by atoms with Gasteiger partial charge < -0.3 is 20.1 Å². The van der Waals surface area contributed by atoms with E-state index in [1.165, 1.54) is 30.3 Å². The number of aromatic nitrogens is 1. The average molecular weight is 612 g/mol. The second-order valence-electron chi connectivity index (χ2n) is 11.1. The molecule has 2 aliphatic carbocycles. The molecule has 2 aromatic carbocycles. The van der Waals surface area contributed by atoms with Crippen LogP contribution in [0.3, 0.4) is 0 Å². The van der Waals surface area contributed by atoms with Crippen molar-refractivity contribution < 1.29 is 36.6 Å². The van der Waals surface area contributed by atoms with Crippen molar-refractivity contribution in [1.29, 1.82) is 0 Å². The molecule has 3 aromatic rings. The maximum atomic E-state index is 13.7. The number of hydrogen-bond acceptors (Lipinski definition) is 6. The molecule has 1 amide bonds. The van der Waals surface area contributed by atoms with Gasteiger partial charge in [-0.15, -0.1) is 0 Å². The molecule has 2 aliphatic rings. The first kappa shape index (κ1) is 31.0. The topological polar surface area (TPSA) is 89.6 Å². The summed E-state index contributed by atoms with van der Waals surface area (Å²) in [5, 5.41) is 6.09. The number of hydrogen-bond donors (Lipinski definition) is 2. The fourth-order valence-electron chi connectivity index (χ4n) is 5.10. The highest BCUT2D eigenvalue weighted by Gasteiger charge is 2.35. The minimum absolute atomic E-state index is 0.0278. The zero-order valence-corrected chi connectivity index (χ0v) is 24.3. The van der Waals surface area contributed by atoms with Crippen molar-refractivity contribution in [2.24, 2.45) is 5.92 Å². The van der Waals surface area contributed by atoms with E-state index in [2.05, 4.69) is 10.6 Å². The van der Waals surface area contributed by atoms with Gasteiger partial charge in [-0.05, 0) is 98.7 Å². The van der Waals surface area contributed by atoms with Gasteiger partial charge in [0.05, 0.1) is 11.8 Å². The summed E-state index contributed by atoms with van der Waals surface area (Å²) in [6, 6.07) is 10.4. The molecule has 44 heavy (non-hydrogen) atoms. The molecule has 7 nitrogen and oxygen atoms in total. The highest BCUT2D eigenvalue weighted by atomic mass is 19.4. The van der Waals surface area contributed by atoms with Crippen molar-refractivity contribution in [1.82, 2.24) is 10.3 Å². The number of rotatable bonds is 13. The highest BCUT2D eigenvalue weighted by molar-refractivity contribution is 5.97. The van der Waals surface area contributed by atoms with E-state index in [9.17, 15) is 27.2 Å². The SMILES string of the molecule is CNc1c(/C=C\C=O)cc(C(=O)NCC(c2cc(C)c(OCC(F)(F)F)c(-c3ccc(F)cc3)n2)C2CC2)cc1OC1CC1. The van der Waals surface area contributed by atoms with Crippen LogP contribution in [-0.4, -0.2) is 49.7 Å². The molecule has 2 N–H and O–H groups in total. The van der Waals surface area contributed by atoms with E-state index in [4.69, 9.17) is 14.5 Å². The number of anilines is 1. The number of amides is 1. The summed E-state index contributed by atoms with van der Waals surface area (Å²) in [5.41, 5.74) is 3.29. The summed E-state index contributed by atoms with van der Waals surface area (Å²) < 4.78 is 64.1. The number of halogens is 4. The predicted molar refractivity (Wildman–Crippen MR) is 158 cm³/mol. The Morgan fingerprint density at radius 1 is 1.11 bits per heavy atom. The summed E-state index contributed by atoms with van der Waals surface area (Å²) in [5.74, 6) is -0.349. The lowest BCUT2D eigenvalue weighted by Gasteiger charge is -2.22. The second-order valence-corrected chi connectivity index (χ2v) is 11.1. The minimum atomic E-state index is -4.55. The zero-order chi connectivity index (χ0) is 31.4. The lowest BCUT2D eigenvalue weighted by atomic mass is 9.95. The van der Waals surface area contributed by atoms with Gasteiger partial charge in [0.15, 0.2) is 6.61 Å². The van der Waals surface area contributed by atoms with Crippen LogP contribution in [0.5, 0.6) is 11.5 Å². The first-order valence-electron chi connectivity index (χ1n) is 14.5. The van der Waals surface area contributed by atoms with E-state index in [-0.39, 0.29) is 41.8 Å². The third kappa shape index (κ3) is 7.75. The van der Waals surface area contributed by atoms with E-state index in [1.54, 1.807) is 38.2 Å². The van der Waals surface area contributed by atoms with E-state index < -0.39 is 18.6 Å². The Balaban J connectivity index is 1.43. The third-order valence-electron chi connectivity index (χ3n) is 7.55. The number of aryl methyl sites for hydroxylation is 1. The number of carbonyl (C=O) groups is 2. The van der Waals surface area contributed by atoms with Crippen LogP contribution in [0.1, 0.15) is 58.8 Å². The summed E-state index contributed by atoms with van der Waals surface area (Å²) >= 11 is 0. The molecule has 5 rings (SSSR count). The Morgan fingerprint density at radius 2 is 1.84 bits per heavy atom. The largest absolute Gasteiger partial charge is 0.488 e. The van der Waals surface area contributed by atoms with E-state index >= 15 is 0 Å². The fraction of sp³-hybridized carbons (Fsp3) is 0.364. The van der Waals surface area contributed by atoms with Crippen molar-refractivity contribution in [2.45, 2.75) is 50.8 Å². The van der Waals surface area contributed by atoms with Gasteiger partial charge in [0, 0.05) is 41.9 Å². The molecule has 0 bridgehead atoms. The number of nitrogens with one attached hydrogen (secondary N) is 2. The zero-order valence-electron chi connectivity index (χ0n) is 24.3. The smallest absolute Gasteiger partial charge is 0.422 e. The summed E-state index contributed by atoms with van der Waals surface area (Å²) in [6.45, 7) is 0.382. The maximum absolute atomic E-state index is 13.7. The Bertz CT molecular complexity index is 1550. The van der Waals surface area contributed by atoms with Gasteiger partial charge in [0.2, 0.25) is 0 Å². The van der Waals surface area contributed by atoms with Gasteiger partial charge in [0.25, 0.3) is 5.91 Å². The Hall–Kier alpha value is -4.41. The molecule has 0 saturated heterocycles. The fourth-order valence-corrected chi connectivity index (χ4v) is 5.10. The van der Waals surface area contributed by atoms with E-state index in [0.717, 1.165) is 25.7 Å². The highest BCUT2D eigenvalue weighted by Crippen LogP contribution is 2.44. The van der Waals surface area contributed by atoms with Crippen molar-refractivity contribution in [3.8, 4) is 22.8 Å². The molecule has 0 radical (unpaired) electrons.